The maximum absolute atomic E-state index is 6.17. The van der Waals surface area contributed by atoms with Crippen LogP contribution >= 0.6 is 0 Å². The van der Waals surface area contributed by atoms with E-state index in [0.29, 0.717) is 6.54 Å². The number of nitrogens with two attached hydrogens (primary N) is 1. The van der Waals surface area contributed by atoms with E-state index in [-0.39, 0.29) is 5.92 Å². The molecule has 23 heavy (non-hydrogen) atoms. The summed E-state index contributed by atoms with van der Waals surface area (Å²) in [6.07, 6.45) is 0. The molecule has 0 amide bonds. The van der Waals surface area contributed by atoms with Crippen molar-refractivity contribution in [2.45, 2.75) is 18.4 Å². The summed E-state index contributed by atoms with van der Waals surface area (Å²) in [5, 5.41) is 2.47. The van der Waals surface area contributed by atoms with Gasteiger partial charge in [-0.2, -0.15) is 0 Å². The van der Waals surface area contributed by atoms with Crippen LogP contribution in [0.2, 0.25) is 0 Å². The average Bonchev–Trinajstić information content (AvgIpc) is 2.62. The second-order valence-corrected chi connectivity index (χ2v) is 6.07. The first kappa shape index (κ1) is 15.7. The Balaban J connectivity index is 2.09. The second kappa shape index (κ2) is 6.53. The lowest BCUT2D eigenvalue weighted by Crippen LogP contribution is -2.37. The first-order valence-electron chi connectivity index (χ1n) is 7.98. The highest BCUT2D eigenvalue weighted by atomic mass is 16.5. The minimum atomic E-state index is -0.460. The van der Waals surface area contributed by atoms with Gasteiger partial charge in [0.25, 0.3) is 0 Å². The van der Waals surface area contributed by atoms with Gasteiger partial charge in [-0.15, -0.1) is 0 Å². The zero-order valence-corrected chi connectivity index (χ0v) is 13.7. The van der Waals surface area contributed by atoms with Crippen LogP contribution < -0.4 is 5.73 Å². The number of fused-ring (bicyclic) bond motifs is 1. The molecule has 118 valence electrons. The van der Waals surface area contributed by atoms with E-state index in [1.807, 2.05) is 18.2 Å². The lowest BCUT2D eigenvalue weighted by molar-refractivity contribution is -0.0205. The highest BCUT2D eigenvalue weighted by Gasteiger charge is 2.36. The van der Waals surface area contributed by atoms with Crippen LogP contribution in [0.15, 0.2) is 72.8 Å². The fourth-order valence-electron chi connectivity index (χ4n) is 3.33. The largest absolute Gasteiger partial charge is 0.373 e. The molecule has 0 aliphatic heterocycles. The van der Waals surface area contributed by atoms with Gasteiger partial charge in [0.05, 0.1) is 5.60 Å². The molecule has 0 heterocycles. The summed E-state index contributed by atoms with van der Waals surface area (Å²) in [7, 11) is 1.76. The fraction of sp³-hybridized carbons (Fsp3) is 0.238. The van der Waals surface area contributed by atoms with Crippen LogP contribution in [0.25, 0.3) is 10.8 Å². The molecule has 2 unspecified atom stereocenters. The number of rotatable bonds is 5. The Kier molecular flexibility index (Phi) is 4.46. The van der Waals surface area contributed by atoms with Gasteiger partial charge in [-0.05, 0) is 28.8 Å². The third-order valence-corrected chi connectivity index (χ3v) is 4.85. The molecule has 0 radical (unpaired) electrons. The number of hydrogen-bond donors (Lipinski definition) is 1. The summed E-state index contributed by atoms with van der Waals surface area (Å²) < 4.78 is 5.96. The Labute approximate surface area is 137 Å². The zero-order valence-electron chi connectivity index (χ0n) is 13.7. The van der Waals surface area contributed by atoms with Gasteiger partial charge in [0.15, 0.2) is 0 Å². The van der Waals surface area contributed by atoms with Crippen molar-refractivity contribution < 1.29 is 4.74 Å². The quantitative estimate of drug-likeness (QED) is 0.756. The summed E-state index contributed by atoms with van der Waals surface area (Å²) in [5.74, 6) is 0.0829. The topological polar surface area (TPSA) is 35.2 Å². The van der Waals surface area contributed by atoms with Crippen molar-refractivity contribution in [1.82, 2.24) is 0 Å². The van der Waals surface area contributed by atoms with Crippen LogP contribution in [-0.2, 0) is 10.3 Å². The van der Waals surface area contributed by atoms with Crippen molar-refractivity contribution >= 4 is 10.8 Å². The Morgan fingerprint density at radius 3 is 2.22 bits per heavy atom. The molecule has 0 bridgehead atoms. The van der Waals surface area contributed by atoms with Crippen molar-refractivity contribution in [3.8, 4) is 0 Å². The highest BCUT2D eigenvalue weighted by Crippen LogP contribution is 2.39. The van der Waals surface area contributed by atoms with Gasteiger partial charge in [0.1, 0.15) is 0 Å². The van der Waals surface area contributed by atoms with Crippen molar-refractivity contribution in [1.29, 1.82) is 0 Å². The lowest BCUT2D eigenvalue weighted by atomic mass is 9.78. The van der Waals surface area contributed by atoms with Crippen LogP contribution in [0, 0.1) is 0 Å². The molecule has 3 aromatic carbocycles. The van der Waals surface area contributed by atoms with Gasteiger partial charge in [-0.25, -0.2) is 0 Å². The molecule has 2 heteroatoms. The molecular formula is C21H23NO. The van der Waals surface area contributed by atoms with E-state index in [1.54, 1.807) is 7.11 Å². The van der Waals surface area contributed by atoms with E-state index >= 15 is 0 Å². The third-order valence-electron chi connectivity index (χ3n) is 4.85. The molecule has 0 aliphatic carbocycles. The smallest absolute Gasteiger partial charge is 0.0979 e. The van der Waals surface area contributed by atoms with Gasteiger partial charge in [0.2, 0.25) is 0 Å². The van der Waals surface area contributed by atoms with E-state index in [4.69, 9.17) is 10.5 Å². The maximum Gasteiger partial charge on any atom is 0.0979 e. The predicted octanol–water partition coefficient (Wildman–Crippen LogP) is 4.44. The monoisotopic (exact) mass is 305 g/mol. The first-order valence-corrected chi connectivity index (χ1v) is 7.98. The van der Waals surface area contributed by atoms with Gasteiger partial charge in [0, 0.05) is 19.6 Å². The van der Waals surface area contributed by atoms with Crippen LogP contribution in [0.4, 0.5) is 0 Å². The van der Waals surface area contributed by atoms with Crippen molar-refractivity contribution in [3.63, 3.8) is 0 Å². The summed E-state index contributed by atoms with van der Waals surface area (Å²) in [6.45, 7) is 2.65. The molecule has 0 saturated heterocycles. The summed E-state index contributed by atoms with van der Waals surface area (Å²) in [6, 6.07) is 25.3. The second-order valence-electron chi connectivity index (χ2n) is 6.07. The summed E-state index contributed by atoms with van der Waals surface area (Å²) in [4.78, 5) is 0. The summed E-state index contributed by atoms with van der Waals surface area (Å²) >= 11 is 0. The van der Waals surface area contributed by atoms with E-state index < -0.39 is 5.60 Å². The van der Waals surface area contributed by atoms with Crippen LogP contribution in [0.5, 0.6) is 0 Å². The van der Waals surface area contributed by atoms with Crippen molar-refractivity contribution in [3.05, 3.63) is 83.9 Å². The van der Waals surface area contributed by atoms with Gasteiger partial charge >= 0.3 is 0 Å². The van der Waals surface area contributed by atoms with E-state index in [0.717, 1.165) is 5.56 Å². The summed E-state index contributed by atoms with van der Waals surface area (Å²) in [5.41, 5.74) is 8.06. The Morgan fingerprint density at radius 1 is 0.913 bits per heavy atom. The first-order chi connectivity index (χ1) is 11.2. The predicted molar refractivity (Wildman–Crippen MR) is 96.5 cm³/mol. The molecule has 0 spiro atoms. The minimum absolute atomic E-state index is 0.0829. The van der Waals surface area contributed by atoms with Gasteiger partial charge in [-0.1, -0.05) is 72.8 Å². The molecule has 2 N–H and O–H groups in total. The Morgan fingerprint density at radius 2 is 1.57 bits per heavy atom. The molecule has 0 aliphatic rings. The maximum atomic E-state index is 6.17. The number of ether oxygens (including phenoxy) is 1. The van der Waals surface area contributed by atoms with Crippen LogP contribution in [0.3, 0.4) is 0 Å². The third kappa shape index (κ3) is 2.88. The number of methoxy groups -OCH3 is 1. The van der Waals surface area contributed by atoms with Crippen LogP contribution in [-0.4, -0.2) is 13.7 Å². The zero-order chi connectivity index (χ0) is 16.3. The van der Waals surface area contributed by atoms with Gasteiger partial charge in [-0.3, -0.25) is 0 Å². The molecule has 2 nitrogen and oxygen atoms in total. The minimum Gasteiger partial charge on any atom is -0.373 e. The molecular weight excluding hydrogens is 282 g/mol. The molecule has 0 aromatic heterocycles. The number of hydrogen-bond acceptors (Lipinski definition) is 2. The van der Waals surface area contributed by atoms with Crippen molar-refractivity contribution in [2.75, 3.05) is 13.7 Å². The average molecular weight is 305 g/mol. The van der Waals surface area contributed by atoms with E-state index in [2.05, 4.69) is 61.5 Å². The Bertz CT molecular complexity index is 784. The number of benzene rings is 3. The lowest BCUT2D eigenvalue weighted by Gasteiger charge is -2.37. The molecule has 3 aromatic rings. The van der Waals surface area contributed by atoms with E-state index in [9.17, 15) is 0 Å². The SMILES string of the molecule is COC(C)(c1ccccc1)C(CN)c1ccc2ccccc2c1. The highest BCUT2D eigenvalue weighted by molar-refractivity contribution is 5.83. The molecule has 0 saturated carbocycles. The van der Waals surface area contributed by atoms with Crippen molar-refractivity contribution in [2.24, 2.45) is 5.73 Å². The normalized spacial score (nSPS) is 15.3. The van der Waals surface area contributed by atoms with Crippen LogP contribution in [0.1, 0.15) is 24.0 Å². The molecule has 0 fully saturated rings. The molecule has 2 atom stereocenters. The molecule has 3 rings (SSSR count). The fourth-order valence-corrected chi connectivity index (χ4v) is 3.33. The Hall–Kier alpha value is -2.16. The van der Waals surface area contributed by atoms with E-state index in [1.165, 1.54) is 16.3 Å². The standard InChI is InChI=1S/C21H23NO/c1-21(23-2,19-10-4-3-5-11-19)20(15-22)18-13-12-16-8-6-7-9-17(16)14-18/h3-14,20H,15,22H2,1-2H3. The van der Waals surface area contributed by atoms with Gasteiger partial charge < -0.3 is 10.5 Å².